The van der Waals surface area contributed by atoms with Crippen molar-refractivity contribution in [2.75, 3.05) is 5.32 Å². The first-order chi connectivity index (χ1) is 8.30. The van der Waals surface area contributed by atoms with Gasteiger partial charge in [-0.3, -0.25) is 5.32 Å². The van der Waals surface area contributed by atoms with Gasteiger partial charge in [0.05, 0.1) is 0 Å². The molecule has 0 aliphatic carbocycles. The third-order valence-corrected chi connectivity index (χ3v) is 4.18. The maximum atomic E-state index is 11.6. The highest BCUT2D eigenvalue weighted by Crippen LogP contribution is 2.29. The number of carbonyl (C=O) groups is 1. The summed E-state index contributed by atoms with van der Waals surface area (Å²) >= 11 is 3.08. The number of amides is 2. The Morgan fingerprint density at radius 3 is 2.67 bits per heavy atom. The number of aromatic nitrogens is 2. The van der Waals surface area contributed by atoms with Crippen LogP contribution in [-0.4, -0.2) is 27.0 Å². The smallest absolute Gasteiger partial charge is 0.321 e. The van der Waals surface area contributed by atoms with E-state index in [0.29, 0.717) is 10.4 Å². The first-order valence-electron chi connectivity index (χ1n) is 5.89. The zero-order chi connectivity index (χ0) is 13.8. The number of carbonyl (C=O) groups excluding carboxylic acids is 1. The van der Waals surface area contributed by atoms with E-state index in [1.54, 1.807) is 11.8 Å². The molecule has 2 amide bonds. The Hall–Kier alpha value is -0.820. The molecule has 0 saturated heterocycles. The number of thioether (sulfide) groups is 1. The third-order valence-electron chi connectivity index (χ3n) is 1.99. The summed E-state index contributed by atoms with van der Waals surface area (Å²) in [6.07, 6.45) is 1.08. The molecule has 0 unspecified atom stereocenters. The average Bonchev–Trinajstić information content (AvgIpc) is 2.62. The summed E-state index contributed by atoms with van der Waals surface area (Å²) in [5.41, 5.74) is -0.261. The van der Waals surface area contributed by atoms with Gasteiger partial charge in [-0.15, -0.1) is 10.2 Å². The minimum atomic E-state index is -0.261. The lowest BCUT2D eigenvalue weighted by Gasteiger charge is -2.19. The van der Waals surface area contributed by atoms with Crippen molar-refractivity contribution in [3.8, 4) is 0 Å². The normalized spacial score (nSPS) is 13.2. The average molecular weight is 288 g/mol. The summed E-state index contributed by atoms with van der Waals surface area (Å²) < 4.78 is 0.885. The zero-order valence-electron chi connectivity index (χ0n) is 11.4. The summed E-state index contributed by atoms with van der Waals surface area (Å²) in [5, 5.41) is 14.5. The standard InChI is InChI=1S/C11H20N4OS2/c1-6-7(2)17-10-15-14-9(18-10)12-8(16)13-11(3,4)5/h7H,6H2,1-5H3,(H2,12,13,14,16)/t7-/m0/s1. The molecule has 1 heterocycles. The van der Waals surface area contributed by atoms with Crippen LogP contribution >= 0.6 is 23.1 Å². The number of anilines is 1. The van der Waals surface area contributed by atoms with E-state index in [-0.39, 0.29) is 11.6 Å². The van der Waals surface area contributed by atoms with E-state index < -0.39 is 0 Å². The Bertz CT molecular complexity index is 400. The lowest BCUT2D eigenvalue weighted by atomic mass is 10.1. The van der Waals surface area contributed by atoms with Crippen molar-refractivity contribution in [1.29, 1.82) is 0 Å². The topological polar surface area (TPSA) is 66.9 Å². The number of hydrogen-bond acceptors (Lipinski definition) is 5. The molecule has 0 saturated carbocycles. The van der Waals surface area contributed by atoms with E-state index in [4.69, 9.17) is 0 Å². The van der Waals surface area contributed by atoms with Gasteiger partial charge in [0, 0.05) is 10.8 Å². The van der Waals surface area contributed by atoms with Crippen LogP contribution in [0.25, 0.3) is 0 Å². The molecule has 1 aromatic heterocycles. The van der Waals surface area contributed by atoms with Gasteiger partial charge < -0.3 is 5.32 Å². The van der Waals surface area contributed by atoms with Crippen molar-refractivity contribution in [2.45, 2.75) is 56.2 Å². The van der Waals surface area contributed by atoms with Crippen LogP contribution in [0.3, 0.4) is 0 Å². The monoisotopic (exact) mass is 288 g/mol. The predicted molar refractivity (Wildman–Crippen MR) is 77.4 cm³/mol. The summed E-state index contributed by atoms with van der Waals surface area (Å²) in [6, 6.07) is -0.251. The van der Waals surface area contributed by atoms with Crippen LogP contribution < -0.4 is 10.6 Å². The van der Waals surface area contributed by atoms with Gasteiger partial charge in [-0.2, -0.15) is 0 Å². The molecular formula is C11H20N4OS2. The van der Waals surface area contributed by atoms with Gasteiger partial charge >= 0.3 is 6.03 Å². The Morgan fingerprint density at radius 2 is 2.11 bits per heavy atom. The molecule has 7 heteroatoms. The Labute approximate surface area is 116 Å². The summed E-state index contributed by atoms with van der Waals surface area (Å²) in [5.74, 6) is 0. The second-order valence-corrected chi connectivity index (χ2v) is 7.70. The molecule has 18 heavy (non-hydrogen) atoms. The van der Waals surface area contributed by atoms with Crippen LogP contribution in [-0.2, 0) is 0 Å². The molecule has 1 atom stereocenters. The highest BCUT2D eigenvalue weighted by atomic mass is 32.2. The van der Waals surface area contributed by atoms with Gasteiger partial charge in [0.15, 0.2) is 4.34 Å². The molecular weight excluding hydrogens is 268 g/mol. The fourth-order valence-corrected chi connectivity index (χ4v) is 3.03. The number of urea groups is 1. The summed E-state index contributed by atoms with van der Waals surface area (Å²) in [4.78, 5) is 11.6. The molecule has 1 aromatic rings. The molecule has 1 rings (SSSR count). The van der Waals surface area contributed by atoms with Gasteiger partial charge in [0.1, 0.15) is 0 Å². The van der Waals surface area contributed by atoms with Gasteiger partial charge in [0.25, 0.3) is 0 Å². The number of nitrogens with zero attached hydrogens (tertiary/aromatic N) is 2. The second kappa shape index (κ2) is 6.38. The van der Waals surface area contributed by atoms with E-state index in [1.807, 2.05) is 20.8 Å². The van der Waals surface area contributed by atoms with Crippen LogP contribution in [0.1, 0.15) is 41.0 Å². The van der Waals surface area contributed by atoms with Crippen molar-refractivity contribution in [3.63, 3.8) is 0 Å². The molecule has 0 radical (unpaired) electrons. The van der Waals surface area contributed by atoms with E-state index >= 15 is 0 Å². The predicted octanol–water partition coefficient (Wildman–Crippen LogP) is 3.35. The fourth-order valence-electron chi connectivity index (χ4n) is 1.03. The highest BCUT2D eigenvalue weighted by molar-refractivity contribution is 8.01. The maximum absolute atomic E-state index is 11.6. The molecule has 5 nitrogen and oxygen atoms in total. The Kier molecular flexibility index (Phi) is 5.40. The van der Waals surface area contributed by atoms with E-state index in [2.05, 4.69) is 34.7 Å². The molecule has 0 fully saturated rings. The minimum absolute atomic E-state index is 0.251. The van der Waals surface area contributed by atoms with Crippen LogP contribution in [0.2, 0.25) is 0 Å². The van der Waals surface area contributed by atoms with Crippen LogP contribution in [0.15, 0.2) is 4.34 Å². The maximum Gasteiger partial charge on any atom is 0.321 e. The Balaban J connectivity index is 2.51. The Morgan fingerprint density at radius 1 is 1.44 bits per heavy atom. The molecule has 2 N–H and O–H groups in total. The van der Waals surface area contributed by atoms with Crippen molar-refractivity contribution in [1.82, 2.24) is 15.5 Å². The van der Waals surface area contributed by atoms with Gasteiger partial charge in [-0.05, 0) is 27.2 Å². The quantitative estimate of drug-likeness (QED) is 0.658. The first kappa shape index (κ1) is 15.2. The first-order valence-corrected chi connectivity index (χ1v) is 7.59. The van der Waals surface area contributed by atoms with E-state index in [1.165, 1.54) is 11.3 Å². The zero-order valence-corrected chi connectivity index (χ0v) is 13.0. The van der Waals surface area contributed by atoms with Crippen molar-refractivity contribution < 1.29 is 4.79 Å². The summed E-state index contributed by atoms with van der Waals surface area (Å²) in [6.45, 7) is 10.1. The van der Waals surface area contributed by atoms with Crippen molar-refractivity contribution >= 4 is 34.3 Å². The number of nitrogens with one attached hydrogen (secondary N) is 2. The third kappa shape index (κ3) is 5.68. The highest BCUT2D eigenvalue weighted by Gasteiger charge is 2.15. The van der Waals surface area contributed by atoms with Crippen LogP contribution in [0, 0.1) is 0 Å². The molecule has 0 aliphatic heterocycles. The van der Waals surface area contributed by atoms with Gasteiger partial charge in [-0.1, -0.05) is 36.9 Å². The SMILES string of the molecule is CC[C@H](C)Sc1nnc(NC(=O)NC(C)(C)C)s1. The second-order valence-electron chi connectivity index (χ2n) is 5.04. The van der Waals surface area contributed by atoms with Gasteiger partial charge in [0.2, 0.25) is 5.13 Å². The van der Waals surface area contributed by atoms with Crippen LogP contribution in [0.5, 0.6) is 0 Å². The molecule has 0 aliphatic rings. The molecule has 0 spiro atoms. The van der Waals surface area contributed by atoms with Crippen molar-refractivity contribution in [2.24, 2.45) is 0 Å². The van der Waals surface area contributed by atoms with Gasteiger partial charge in [-0.25, -0.2) is 4.79 Å². The largest absolute Gasteiger partial charge is 0.333 e. The molecule has 102 valence electrons. The molecule has 0 bridgehead atoms. The lowest BCUT2D eigenvalue weighted by molar-refractivity contribution is 0.244. The fraction of sp³-hybridized carbons (Fsp3) is 0.727. The molecule has 0 aromatic carbocycles. The number of rotatable bonds is 4. The minimum Gasteiger partial charge on any atom is -0.333 e. The van der Waals surface area contributed by atoms with Crippen molar-refractivity contribution in [3.05, 3.63) is 0 Å². The van der Waals surface area contributed by atoms with Crippen LogP contribution in [0.4, 0.5) is 9.93 Å². The van der Waals surface area contributed by atoms with E-state index in [0.717, 1.165) is 10.8 Å². The number of hydrogen-bond donors (Lipinski definition) is 2. The lowest BCUT2D eigenvalue weighted by Crippen LogP contribution is -2.43. The van der Waals surface area contributed by atoms with E-state index in [9.17, 15) is 4.79 Å². The summed E-state index contributed by atoms with van der Waals surface area (Å²) in [7, 11) is 0.